The Morgan fingerprint density at radius 3 is 2.04 bits per heavy atom. The third-order valence-electron chi connectivity index (χ3n) is 8.36. The lowest BCUT2D eigenvalue weighted by Crippen LogP contribution is -2.52. The first-order valence-corrected chi connectivity index (χ1v) is 16.4. The van der Waals surface area contributed by atoms with Gasteiger partial charge in [0.05, 0.1) is 12.1 Å². The van der Waals surface area contributed by atoms with Crippen molar-refractivity contribution in [2.75, 3.05) is 26.7 Å². The van der Waals surface area contributed by atoms with E-state index in [9.17, 15) is 19.2 Å². The largest absolute Gasteiger partial charge is 0.348 e. The number of hydrogen-bond donors (Lipinski definition) is 3. The monoisotopic (exact) mass is 621 g/mol. The molecule has 1 aliphatic heterocycles. The maximum Gasteiger partial charge on any atom is 0.237 e. The van der Waals surface area contributed by atoms with Crippen LogP contribution < -0.4 is 16.0 Å². The molecule has 3 amide bonds. The molecule has 3 rings (SSSR count). The number of likely N-dealkylation sites (tertiary alicyclic amines) is 1. The Morgan fingerprint density at radius 1 is 0.978 bits per heavy atom. The number of carbonyl (C=O) groups excluding carboxylic acids is 4. The van der Waals surface area contributed by atoms with E-state index in [1.165, 1.54) is 6.42 Å². The Kier molecular flexibility index (Phi) is 17.1. The smallest absolute Gasteiger partial charge is 0.237 e. The van der Waals surface area contributed by atoms with Gasteiger partial charge in [-0.15, -0.1) is 0 Å². The average Bonchev–Trinajstić information content (AvgIpc) is 3.36. The summed E-state index contributed by atoms with van der Waals surface area (Å²) >= 11 is 0. The van der Waals surface area contributed by atoms with E-state index in [-0.39, 0.29) is 36.4 Å². The Balaban J connectivity index is 0.000000368. The zero-order valence-electron chi connectivity index (χ0n) is 28.1. The van der Waals surface area contributed by atoms with Gasteiger partial charge in [-0.05, 0) is 70.2 Å². The van der Waals surface area contributed by atoms with Crippen molar-refractivity contribution in [1.29, 1.82) is 0 Å². The van der Waals surface area contributed by atoms with Crippen LogP contribution >= 0.6 is 0 Å². The predicted molar refractivity (Wildman–Crippen MR) is 181 cm³/mol. The molecule has 3 unspecified atom stereocenters. The number of amides is 3. The van der Waals surface area contributed by atoms with Gasteiger partial charge in [0.1, 0.15) is 12.3 Å². The molecule has 2 aromatic carbocycles. The van der Waals surface area contributed by atoms with Crippen molar-refractivity contribution in [3.05, 3.63) is 71.8 Å². The van der Waals surface area contributed by atoms with Crippen molar-refractivity contribution in [2.24, 2.45) is 5.92 Å². The molecule has 1 saturated heterocycles. The topological polar surface area (TPSA) is 111 Å². The number of nitrogens with one attached hydrogen (secondary N) is 3. The van der Waals surface area contributed by atoms with Crippen LogP contribution in [0.25, 0.3) is 0 Å². The molecule has 1 heterocycles. The maximum atomic E-state index is 12.8. The van der Waals surface area contributed by atoms with Crippen LogP contribution in [0.3, 0.4) is 0 Å². The molecule has 0 aromatic heterocycles. The Labute approximate surface area is 270 Å². The van der Waals surface area contributed by atoms with Gasteiger partial charge < -0.3 is 30.5 Å². The maximum absolute atomic E-state index is 12.8. The summed E-state index contributed by atoms with van der Waals surface area (Å²) in [6.07, 6.45) is 6.06. The van der Waals surface area contributed by atoms with Crippen molar-refractivity contribution in [3.63, 3.8) is 0 Å². The standard InChI is InChI=1S/C22H42N4O3.C14H13NO/c1-7-11-23-18(5)22(29)24-19(15-27)14-26(21(28)13-16(2)3)12-10-20-9-8-17(4)25(20)6;16-11-15-14(12-7-3-1-4-8-12)13-9-5-2-6-10-13/h15-20,23H,7-14H2,1-6H3,(H,24,29);1-11,14H,(H,15,16)/t17?,18?,19?,20-;/m1./s1. The second kappa shape index (κ2) is 20.5. The fraction of sp³-hybridized carbons (Fsp3) is 0.556. The van der Waals surface area contributed by atoms with Crippen molar-refractivity contribution < 1.29 is 19.2 Å². The molecule has 0 aliphatic carbocycles. The van der Waals surface area contributed by atoms with E-state index in [0.29, 0.717) is 25.0 Å². The highest BCUT2D eigenvalue weighted by Crippen LogP contribution is 2.24. The summed E-state index contributed by atoms with van der Waals surface area (Å²) in [5.41, 5.74) is 2.17. The highest BCUT2D eigenvalue weighted by atomic mass is 16.2. The molecule has 0 radical (unpaired) electrons. The zero-order chi connectivity index (χ0) is 33.2. The highest BCUT2D eigenvalue weighted by Gasteiger charge is 2.29. The average molecular weight is 622 g/mol. The van der Waals surface area contributed by atoms with Crippen LogP contribution in [0.2, 0.25) is 0 Å². The van der Waals surface area contributed by atoms with E-state index >= 15 is 0 Å². The van der Waals surface area contributed by atoms with Gasteiger partial charge in [0, 0.05) is 31.6 Å². The van der Waals surface area contributed by atoms with Crippen molar-refractivity contribution in [1.82, 2.24) is 25.8 Å². The first-order chi connectivity index (χ1) is 21.6. The van der Waals surface area contributed by atoms with E-state index in [0.717, 1.165) is 49.6 Å². The molecule has 9 heteroatoms. The second-order valence-electron chi connectivity index (χ2n) is 12.4. The van der Waals surface area contributed by atoms with Gasteiger partial charge in [-0.25, -0.2) is 0 Å². The Bertz CT molecular complexity index is 1110. The number of benzene rings is 2. The molecular weight excluding hydrogens is 566 g/mol. The summed E-state index contributed by atoms with van der Waals surface area (Å²) < 4.78 is 0. The van der Waals surface area contributed by atoms with Gasteiger partial charge >= 0.3 is 0 Å². The van der Waals surface area contributed by atoms with Gasteiger partial charge in [0.25, 0.3) is 0 Å². The quantitative estimate of drug-likeness (QED) is 0.227. The van der Waals surface area contributed by atoms with E-state index in [1.54, 1.807) is 11.8 Å². The third kappa shape index (κ3) is 13.1. The minimum Gasteiger partial charge on any atom is -0.348 e. The van der Waals surface area contributed by atoms with Crippen molar-refractivity contribution in [3.8, 4) is 0 Å². The van der Waals surface area contributed by atoms with Crippen molar-refractivity contribution >= 4 is 24.5 Å². The molecule has 0 spiro atoms. The number of nitrogens with zero attached hydrogens (tertiary/aromatic N) is 2. The minimum absolute atomic E-state index is 0.0481. The summed E-state index contributed by atoms with van der Waals surface area (Å²) in [6.45, 7) is 11.7. The summed E-state index contributed by atoms with van der Waals surface area (Å²) in [5, 5.41) is 8.74. The molecule has 1 aliphatic rings. The summed E-state index contributed by atoms with van der Waals surface area (Å²) in [4.78, 5) is 51.6. The van der Waals surface area contributed by atoms with E-state index in [4.69, 9.17) is 0 Å². The molecule has 1 fully saturated rings. The molecule has 0 saturated carbocycles. The first kappa shape index (κ1) is 37.6. The van der Waals surface area contributed by atoms with Crippen LogP contribution in [-0.2, 0) is 19.2 Å². The highest BCUT2D eigenvalue weighted by molar-refractivity contribution is 5.84. The number of carbonyl (C=O) groups is 4. The lowest BCUT2D eigenvalue weighted by molar-refractivity contribution is -0.134. The van der Waals surface area contributed by atoms with Crippen LogP contribution in [-0.4, -0.2) is 85.2 Å². The normalized spacial score (nSPS) is 17.6. The first-order valence-electron chi connectivity index (χ1n) is 16.4. The predicted octanol–water partition coefficient (Wildman–Crippen LogP) is 4.33. The summed E-state index contributed by atoms with van der Waals surface area (Å²) in [5.74, 6) is 0.0878. The molecule has 0 bridgehead atoms. The number of hydrogen-bond acceptors (Lipinski definition) is 6. The molecule has 45 heavy (non-hydrogen) atoms. The van der Waals surface area contributed by atoms with Gasteiger partial charge in [0.15, 0.2) is 0 Å². The summed E-state index contributed by atoms with van der Waals surface area (Å²) in [6, 6.07) is 19.7. The van der Waals surface area contributed by atoms with Gasteiger partial charge in [-0.3, -0.25) is 14.4 Å². The molecule has 2 aromatic rings. The number of rotatable bonds is 17. The second-order valence-corrected chi connectivity index (χ2v) is 12.4. The summed E-state index contributed by atoms with van der Waals surface area (Å²) in [7, 11) is 2.14. The Morgan fingerprint density at radius 2 is 1.58 bits per heavy atom. The van der Waals surface area contributed by atoms with E-state index < -0.39 is 6.04 Å². The lowest BCUT2D eigenvalue weighted by Gasteiger charge is -2.30. The SMILES string of the molecule is CCCNC(C)C(=O)NC(C=O)CN(CC[C@H]1CCC(C)N1C)C(=O)CC(C)C.O=CNC(c1ccccc1)c1ccccc1. The number of aldehydes is 1. The van der Waals surface area contributed by atoms with Gasteiger partial charge in [-0.1, -0.05) is 81.4 Å². The molecule has 4 atom stereocenters. The molecule has 9 nitrogen and oxygen atoms in total. The minimum atomic E-state index is -0.690. The molecule has 248 valence electrons. The van der Waals surface area contributed by atoms with Crippen LogP contribution in [0.4, 0.5) is 0 Å². The molecule has 3 N–H and O–H groups in total. The van der Waals surface area contributed by atoms with E-state index in [2.05, 4.69) is 34.8 Å². The van der Waals surface area contributed by atoms with Crippen LogP contribution in [0.5, 0.6) is 0 Å². The van der Waals surface area contributed by atoms with E-state index in [1.807, 2.05) is 81.4 Å². The fourth-order valence-electron chi connectivity index (χ4n) is 5.52. The Hall–Kier alpha value is -3.56. The lowest BCUT2D eigenvalue weighted by atomic mass is 9.99. The molecular formula is C36H55N5O4. The van der Waals surface area contributed by atoms with Crippen molar-refractivity contribution in [2.45, 2.75) is 96.9 Å². The third-order valence-corrected chi connectivity index (χ3v) is 8.36. The fourth-order valence-corrected chi connectivity index (χ4v) is 5.52. The van der Waals surface area contributed by atoms with Gasteiger partial charge in [-0.2, -0.15) is 0 Å². The van der Waals surface area contributed by atoms with Crippen LogP contribution in [0, 0.1) is 5.92 Å². The van der Waals surface area contributed by atoms with Crippen LogP contribution in [0.15, 0.2) is 60.7 Å². The zero-order valence-corrected chi connectivity index (χ0v) is 28.1. The van der Waals surface area contributed by atoms with Crippen LogP contribution in [0.1, 0.15) is 83.9 Å². The van der Waals surface area contributed by atoms with Gasteiger partial charge in [0.2, 0.25) is 18.2 Å².